The van der Waals surface area contributed by atoms with Crippen molar-refractivity contribution in [2.45, 2.75) is 0 Å². The molecule has 0 aliphatic heterocycles. The van der Waals surface area contributed by atoms with Crippen molar-refractivity contribution in [1.82, 2.24) is 18.7 Å². The Morgan fingerprint density at radius 3 is 2.10 bits per heavy atom. The van der Waals surface area contributed by atoms with Crippen molar-refractivity contribution in [3.8, 4) is 16.3 Å². The van der Waals surface area contributed by atoms with Gasteiger partial charge in [0.2, 0.25) is 15.0 Å². The molecule has 10 heteroatoms. The second-order valence-electron chi connectivity index (χ2n) is 3.39. The lowest BCUT2D eigenvalue weighted by atomic mass is 10.2. The zero-order chi connectivity index (χ0) is 15.2. The molecule has 0 saturated carbocycles. The molecule has 3 aromatic rings. The third-order valence-corrected chi connectivity index (χ3v) is 4.20. The van der Waals surface area contributed by atoms with Gasteiger partial charge in [-0.1, -0.05) is 12.1 Å². The van der Waals surface area contributed by atoms with Crippen LogP contribution in [0.1, 0.15) is 0 Å². The first-order valence-electron chi connectivity index (χ1n) is 5.37. The van der Waals surface area contributed by atoms with E-state index < -0.39 is 0 Å². The molecule has 0 N–H and O–H groups in total. The smallest absolute Gasteiger partial charge is 0.235 e. The highest BCUT2D eigenvalue weighted by Gasteiger charge is 2.09. The van der Waals surface area contributed by atoms with Crippen molar-refractivity contribution in [3.05, 3.63) is 39.3 Å². The number of para-hydroxylation sites is 1. The van der Waals surface area contributed by atoms with E-state index in [-0.39, 0.29) is 10.6 Å². The first-order valence-corrected chi connectivity index (χ1v) is 8.05. The molecular formula is C11H7Cl3N4OS2. The van der Waals surface area contributed by atoms with Gasteiger partial charge in [-0.3, -0.25) is 0 Å². The van der Waals surface area contributed by atoms with Crippen molar-refractivity contribution in [3.63, 3.8) is 0 Å². The molecule has 21 heavy (non-hydrogen) atoms. The van der Waals surface area contributed by atoms with Gasteiger partial charge in [0.1, 0.15) is 10.8 Å². The van der Waals surface area contributed by atoms with Crippen LogP contribution in [-0.2, 0) is 0 Å². The van der Waals surface area contributed by atoms with E-state index in [1.165, 1.54) is 11.5 Å². The number of benzene rings is 1. The fraction of sp³-hybridized carbons (Fsp3) is 0.0909. The molecule has 110 valence electrons. The van der Waals surface area contributed by atoms with E-state index in [0.29, 0.717) is 4.47 Å². The van der Waals surface area contributed by atoms with Crippen molar-refractivity contribution in [1.29, 1.82) is 0 Å². The average Bonchev–Trinajstić information content (AvgIpc) is 3.08. The molecule has 0 unspecified atom stereocenters. The van der Waals surface area contributed by atoms with Crippen LogP contribution in [0.15, 0.2) is 24.3 Å². The fourth-order valence-corrected chi connectivity index (χ4v) is 2.94. The Kier molecular flexibility index (Phi) is 6.13. The van der Waals surface area contributed by atoms with Crippen LogP contribution in [0.2, 0.25) is 15.0 Å². The lowest BCUT2D eigenvalue weighted by Gasteiger charge is -2.03. The third-order valence-electron chi connectivity index (χ3n) is 2.12. The van der Waals surface area contributed by atoms with Gasteiger partial charge in [-0.2, -0.15) is 13.7 Å². The summed E-state index contributed by atoms with van der Waals surface area (Å²) in [5.41, 5.74) is 0.916. The average molecular weight is 382 g/mol. The van der Waals surface area contributed by atoms with Crippen molar-refractivity contribution < 1.29 is 4.74 Å². The molecule has 0 atom stereocenters. The zero-order valence-corrected chi connectivity index (χ0v) is 14.4. The number of nitrogens with zero attached hydrogens (tertiary/aromatic N) is 4. The number of halogens is 3. The molecule has 2 aromatic heterocycles. The Hall–Kier alpha value is -0.990. The van der Waals surface area contributed by atoms with Gasteiger partial charge in [-0.05, 0) is 70.0 Å². The van der Waals surface area contributed by atoms with E-state index >= 15 is 0 Å². The molecule has 2 heterocycles. The number of methoxy groups -OCH3 is 1. The van der Waals surface area contributed by atoms with Gasteiger partial charge >= 0.3 is 0 Å². The SMILES string of the molecule is COc1ccccc1-c1nc(Cl)ns1.Clc1nsc(Cl)n1. The van der Waals surface area contributed by atoms with Gasteiger partial charge in [0.25, 0.3) is 0 Å². The lowest BCUT2D eigenvalue weighted by molar-refractivity contribution is 0.416. The second kappa shape index (κ2) is 7.86. The number of ether oxygens (including phenoxy) is 1. The molecule has 0 amide bonds. The van der Waals surface area contributed by atoms with Gasteiger partial charge in [-0.15, -0.1) is 0 Å². The van der Waals surface area contributed by atoms with E-state index in [9.17, 15) is 0 Å². The molecule has 3 rings (SSSR count). The van der Waals surface area contributed by atoms with Crippen molar-refractivity contribution in [2.24, 2.45) is 0 Å². The van der Waals surface area contributed by atoms with Crippen LogP contribution in [0.25, 0.3) is 10.6 Å². The molecule has 0 saturated heterocycles. The highest BCUT2D eigenvalue weighted by molar-refractivity contribution is 7.10. The fourth-order valence-electron chi connectivity index (χ4n) is 1.32. The highest BCUT2D eigenvalue weighted by atomic mass is 35.5. The van der Waals surface area contributed by atoms with E-state index in [2.05, 4.69) is 18.7 Å². The van der Waals surface area contributed by atoms with Crippen molar-refractivity contribution in [2.75, 3.05) is 7.11 Å². The van der Waals surface area contributed by atoms with Crippen LogP contribution in [0.5, 0.6) is 5.75 Å². The first-order chi connectivity index (χ1) is 10.1. The van der Waals surface area contributed by atoms with Crippen LogP contribution in [-0.4, -0.2) is 25.8 Å². The number of rotatable bonds is 2. The molecule has 0 aliphatic rings. The van der Waals surface area contributed by atoms with Gasteiger partial charge in [-0.25, -0.2) is 4.98 Å². The third kappa shape index (κ3) is 4.76. The van der Waals surface area contributed by atoms with Crippen LogP contribution >= 0.6 is 57.9 Å². The minimum absolute atomic E-state index is 0.218. The Morgan fingerprint density at radius 2 is 1.62 bits per heavy atom. The molecule has 0 radical (unpaired) electrons. The summed E-state index contributed by atoms with van der Waals surface area (Å²) in [6.45, 7) is 0. The van der Waals surface area contributed by atoms with Crippen LogP contribution in [0.3, 0.4) is 0 Å². The number of aromatic nitrogens is 4. The van der Waals surface area contributed by atoms with Crippen molar-refractivity contribution >= 4 is 57.9 Å². The predicted octanol–water partition coefficient (Wildman–Crippen LogP) is 4.71. The number of hydrogen-bond acceptors (Lipinski definition) is 7. The Bertz CT molecular complexity index is 702. The standard InChI is InChI=1S/C9H7ClN2OS.C2Cl2N2S/c1-13-7-5-3-2-4-6(7)8-11-9(10)12-14-8;3-1-5-2(4)7-6-1/h2-5H,1H3;. The van der Waals surface area contributed by atoms with Gasteiger partial charge in [0.05, 0.1) is 12.7 Å². The van der Waals surface area contributed by atoms with E-state index in [1.807, 2.05) is 24.3 Å². The van der Waals surface area contributed by atoms with Gasteiger partial charge in [0, 0.05) is 0 Å². The van der Waals surface area contributed by atoms with E-state index in [1.54, 1.807) is 7.11 Å². The summed E-state index contributed by atoms with van der Waals surface area (Å²) in [5.74, 6) is 0.778. The summed E-state index contributed by atoms with van der Waals surface area (Å²) in [5, 5.41) is 1.26. The maximum atomic E-state index is 5.65. The van der Waals surface area contributed by atoms with Crippen LogP contribution in [0, 0.1) is 0 Å². The summed E-state index contributed by atoms with van der Waals surface area (Å²) in [4.78, 5) is 7.63. The molecule has 5 nitrogen and oxygen atoms in total. The summed E-state index contributed by atoms with van der Waals surface area (Å²) < 4.78 is 13.1. The maximum absolute atomic E-state index is 5.65. The second-order valence-corrected chi connectivity index (χ2v) is 6.15. The Balaban J connectivity index is 0.000000194. The highest BCUT2D eigenvalue weighted by Crippen LogP contribution is 2.31. The molecule has 1 aromatic carbocycles. The van der Waals surface area contributed by atoms with Gasteiger partial charge < -0.3 is 4.74 Å². The van der Waals surface area contributed by atoms with E-state index in [0.717, 1.165) is 27.9 Å². The Labute approximate surface area is 143 Å². The Morgan fingerprint density at radius 1 is 0.952 bits per heavy atom. The predicted molar refractivity (Wildman–Crippen MR) is 86.8 cm³/mol. The number of hydrogen-bond donors (Lipinski definition) is 0. The van der Waals surface area contributed by atoms with E-state index in [4.69, 9.17) is 39.5 Å². The molecule has 0 aliphatic carbocycles. The molecule has 0 bridgehead atoms. The summed E-state index contributed by atoms with van der Waals surface area (Å²) in [6.07, 6.45) is 0. The summed E-state index contributed by atoms with van der Waals surface area (Å²) >= 11 is 18.6. The summed E-state index contributed by atoms with van der Waals surface area (Å²) in [7, 11) is 1.63. The topological polar surface area (TPSA) is 60.8 Å². The van der Waals surface area contributed by atoms with Gasteiger partial charge in [0.15, 0.2) is 0 Å². The minimum Gasteiger partial charge on any atom is -0.496 e. The van der Waals surface area contributed by atoms with Crippen LogP contribution < -0.4 is 4.74 Å². The molecule has 0 fully saturated rings. The maximum Gasteiger partial charge on any atom is 0.235 e. The normalized spacial score (nSPS) is 9.90. The lowest BCUT2D eigenvalue weighted by Crippen LogP contribution is -1.86. The summed E-state index contributed by atoms with van der Waals surface area (Å²) in [6, 6.07) is 7.64. The minimum atomic E-state index is 0.218. The first kappa shape index (κ1) is 16.4. The molecular weight excluding hydrogens is 375 g/mol. The van der Waals surface area contributed by atoms with Crippen LogP contribution in [0.4, 0.5) is 0 Å². The largest absolute Gasteiger partial charge is 0.496 e. The molecule has 0 spiro atoms. The monoisotopic (exact) mass is 380 g/mol. The zero-order valence-electron chi connectivity index (χ0n) is 10.5. The quantitative estimate of drug-likeness (QED) is 0.643.